The molecule has 2 rings (SSSR count). The van der Waals surface area contributed by atoms with Crippen LogP contribution in [0.15, 0.2) is 29.5 Å². The van der Waals surface area contributed by atoms with Crippen LogP contribution in [-0.4, -0.2) is 20.9 Å². The van der Waals surface area contributed by atoms with Crippen molar-refractivity contribution >= 4 is 5.69 Å². The minimum absolute atomic E-state index is 0.247. The average Bonchev–Trinajstić information content (AvgIpc) is 2.83. The Morgan fingerprint density at radius 1 is 1.37 bits per heavy atom. The number of nitrogens with zero attached hydrogens (tertiary/aromatic N) is 3. The second-order valence-electron chi connectivity index (χ2n) is 3.65. The van der Waals surface area contributed by atoms with Crippen molar-refractivity contribution in [2.24, 2.45) is 7.05 Å². The van der Waals surface area contributed by atoms with Gasteiger partial charge in [-0.1, -0.05) is 13.8 Å². The van der Waals surface area contributed by atoms with E-state index in [1.54, 1.807) is 17.9 Å². The van der Waals surface area contributed by atoms with Crippen LogP contribution >= 0.6 is 0 Å². The summed E-state index contributed by atoms with van der Waals surface area (Å²) >= 11 is 0. The largest absolute Gasteiger partial charge is 0.381 e. The van der Waals surface area contributed by atoms with E-state index in [1.165, 1.54) is 16.8 Å². The number of rotatable bonds is 3. The van der Waals surface area contributed by atoms with E-state index in [9.17, 15) is 9.18 Å². The number of halogens is 1. The maximum absolute atomic E-state index is 13.4. The van der Waals surface area contributed by atoms with Crippen molar-refractivity contribution in [3.63, 3.8) is 0 Å². The Labute approximate surface area is 111 Å². The molecule has 5 nitrogen and oxygen atoms in total. The van der Waals surface area contributed by atoms with Crippen molar-refractivity contribution < 1.29 is 4.39 Å². The molecule has 19 heavy (non-hydrogen) atoms. The van der Waals surface area contributed by atoms with Crippen LogP contribution in [-0.2, 0) is 7.05 Å². The molecule has 0 aliphatic carbocycles. The summed E-state index contributed by atoms with van der Waals surface area (Å²) in [4.78, 5) is 12.0. The molecule has 0 aliphatic rings. The molecule has 0 amide bonds. The van der Waals surface area contributed by atoms with Crippen LogP contribution in [0.25, 0.3) is 5.69 Å². The number of aromatic nitrogens is 3. The smallest absolute Gasteiger partial charge is 0.278 e. The van der Waals surface area contributed by atoms with E-state index in [-0.39, 0.29) is 11.2 Å². The molecule has 0 bridgehead atoms. The standard InChI is InChI=1S/C11H13FN4O.C2H6/c1-3-13-10-4-8(12)6-16(11(10)17)9-5-14-15(2)7-9;1-2/h4-7,13H,3H2,1-2H3;1-2H3. The lowest BCUT2D eigenvalue weighted by Crippen LogP contribution is -2.22. The predicted molar refractivity (Wildman–Crippen MR) is 74.3 cm³/mol. The van der Waals surface area contributed by atoms with Gasteiger partial charge >= 0.3 is 0 Å². The second-order valence-corrected chi connectivity index (χ2v) is 3.65. The molecule has 2 heterocycles. The number of aryl methyl sites for hydroxylation is 1. The highest BCUT2D eigenvalue weighted by molar-refractivity contribution is 5.43. The zero-order valence-corrected chi connectivity index (χ0v) is 11.6. The lowest BCUT2D eigenvalue weighted by molar-refractivity contribution is 0.613. The first kappa shape index (κ1) is 14.9. The molecule has 2 aromatic rings. The second kappa shape index (κ2) is 6.72. The Bertz CT molecular complexity index is 589. The zero-order valence-electron chi connectivity index (χ0n) is 11.6. The van der Waals surface area contributed by atoms with Gasteiger partial charge in [0.25, 0.3) is 5.56 Å². The highest BCUT2D eigenvalue weighted by Crippen LogP contribution is 2.08. The third-order valence-electron chi connectivity index (χ3n) is 2.32. The van der Waals surface area contributed by atoms with E-state index in [4.69, 9.17) is 0 Å². The van der Waals surface area contributed by atoms with Gasteiger partial charge in [0, 0.05) is 32.1 Å². The molecule has 0 aliphatic heterocycles. The first-order valence-electron chi connectivity index (χ1n) is 6.27. The van der Waals surface area contributed by atoms with Crippen molar-refractivity contribution in [3.05, 3.63) is 40.8 Å². The minimum Gasteiger partial charge on any atom is -0.381 e. The molecule has 6 heteroatoms. The van der Waals surface area contributed by atoms with E-state index in [0.717, 1.165) is 6.20 Å². The summed E-state index contributed by atoms with van der Waals surface area (Å²) in [6.45, 7) is 6.41. The van der Waals surface area contributed by atoms with Gasteiger partial charge in [0.05, 0.1) is 11.9 Å². The van der Waals surface area contributed by atoms with Crippen LogP contribution in [0.1, 0.15) is 20.8 Å². The summed E-state index contributed by atoms with van der Waals surface area (Å²) in [7, 11) is 1.74. The number of hydrogen-bond donors (Lipinski definition) is 1. The SMILES string of the molecule is CC.CCNc1cc(F)cn(-c2cnn(C)c2)c1=O. The zero-order chi connectivity index (χ0) is 14.4. The first-order chi connectivity index (χ1) is 9.11. The Kier molecular flexibility index (Phi) is 5.29. The molecule has 0 saturated heterocycles. The van der Waals surface area contributed by atoms with E-state index in [2.05, 4.69) is 10.4 Å². The minimum atomic E-state index is -0.468. The molecule has 0 unspecified atom stereocenters. The van der Waals surface area contributed by atoms with Gasteiger partial charge in [-0.3, -0.25) is 14.0 Å². The predicted octanol–water partition coefficient (Wildman–Crippen LogP) is 2.17. The fourth-order valence-electron chi connectivity index (χ4n) is 1.59. The third-order valence-corrected chi connectivity index (χ3v) is 2.32. The van der Waals surface area contributed by atoms with Crippen LogP contribution < -0.4 is 10.9 Å². The fourth-order valence-corrected chi connectivity index (χ4v) is 1.59. The molecular weight excluding hydrogens is 247 g/mol. The van der Waals surface area contributed by atoms with Crippen LogP contribution in [0.2, 0.25) is 0 Å². The highest BCUT2D eigenvalue weighted by Gasteiger charge is 2.08. The summed E-state index contributed by atoms with van der Waals surface area (Å²) in [6, 6.07) is 1.19. The number of anilines is 1. The molecule has 0 atom stereocenters. The van der Waals surface area contributed by atoms with Gasteiger partial charge in [-0.15, -0.1) is 0 Å². The van der Waals surface area contributed by atoms with Crippen molar-refractivity contribution in [3.8, 4) is 5.69 Å². The van der Waals surface area contributed by atoms with E-state index < -0.39 is 5.82 Å². The van der Waals surface area contributed by atoms with Gasteiger partial charge in [-0.05, 0) is 6.92 Å². The van der Waals surface area contributed by atoms with Gasteiger partial charge in [-0.2, -0.15) is 5.10 Å². The van der Waals surface area contributed by atoms with Gasteiger partial charge in [-0.25, -0.2) is 4.39 Å². The Hall–Kier alpha value is -2.11. The number of hydrogen-bond acceptors (Lipinski definition) is 3. The molecule has 0 fully saturated rings. The van der Waals surface area contributed by atoms with Crippen molar-refractivity contribution in [1.82, 2.24) is 14.3 Å². The van der Waals surface area contributed by atoms with Gasteiger partial charge in [0.2, 0.25) is 0 Å². The quantitative estimate of drug-likeness (QED) is 0.926. The van der Waals surface area contributed by atoms with Crippen molar-refractivity contribution in [1.29, 1.82) is 0 Å². The van der Waals surface area contributed by atoms with Crippen LogP contribution in [0, 0.1) is 5.82 Å². The van der Waals surface area contributed by atoms with Crippen LogP contribution in [0.4, 0.5) is 10.1 Å². The Morgan fingerprint density at radius 2 is 2.05 bits per heavy atom. The molecule has 0 saturated carbocycles. The van der Waals surface area contributed by atoms with E-state index in [0.29, 0.717) is 12.2 Å². The maximum atomic E-state index is 13.4. The maximum Gasteiger partial charge on any atom is 0.278 e. The van der Waals surface area contributed by atoms with Crippen LogP contribution in [0.3, 0.4) is 0 Å². The molecule has 0 radical (unpaired) electrons. The van der Waals surface area contributed by atoms with E-state index >= 15 is 0 Å². The third kappa shape index (κ3) is 3.43. The van der Waals surface area contributed by atoms with Crippen LogP contribution in [0.5, 0.6) is 0 Å². The lowest BCUT2D eigenvalue weighted by atomic mass is 10.3. The molecule has 2 aromatic heterocycles. The molecular formula is C13H19FN4O. The summed E-state index contributed by atoms with van der Waals surface area (Å²) in [5, 5.41) is 6.79. The fraction of sp³-hybridized carbons (Fsp3) is 0.385. The van der Waals surface area contributed by atoms with E-state index in [1.807, 2.05) is 20.8 Å². The number of pyridine rings is 1. The average molecular weight is 266 g/mol. The number of nitrogens with one attached hydrogen (secondary N) is 1. The topological polar surface area (TPSA) is 51.9 Å². The molecule has 1 N–H and O–H groups in total. The van der Waals surface area contributed by atoms with Gasteiger partial charge in [0.1, 0.15) is 11.5 Å². The Balaban J connectivity index is 0.000000861. The Morgan fingerprint density at radius 3 is 2.58 bits per heavy atom. The first-order valence-corrected chi connectivity index (χ1v) is 6.27. The summed E-state index contributed by atoms with van der Waals surface area (Å²) < 4.78 is 16.2. The van der Waals surface area contributed by atoms with Gasteiger partial charge < -0.3 is 5.32 Å². The highest BCUT2D eigenvalue weighted by atomic mass is 19.1. The monoisotopic (exact) mass is 266 g/mol. The van der Waals surface area contributed by atoms with Crippen molar-refractivity contribution in [2.45, 2.75) is 20.8 Å². The van der Waals surface area contributed by atoms with Crippen molar-refractivity contribution in [2.75, 3.05) is 11.9 Å². The summed E-state index contributed by atoms with van der Waals surface area (Å²) in [6.07, 6.45) is 4.31. The molecule has 0 spiro atoms. The summed E-state index contributed by atoms with van der Waals surface area (Å²) in [5.41, 5.74) is 0.494. The normalized spacial score (nSPS) is 9.74. The van der Waals surface area contributed by atoms with Gasteiger partial charge in [0.15, 0.2) is 0 Å². The summed E-state index contributed by atoms with van der Waals surface area (Å²) in [5.74, 6) is -0.468. The molecule has 104 valence electrons. The lowest BCUT2D eigenvalue weighted by Gasteiger charge is -2.07. The molecule has 0 aromatic carbocycles.